The molecule has 0 aliphatic heterocycles. The van der Waals surface area contributed by atoms with Crippen LogP contribution >= 0.6 is 0 Å². The summed E-state index contributed by atoms with van der Waals surface area (Å²) >= 11 is 0. The lowest BCUT2D eigenvalue weighted by Gasteiger charge is -2.03. The normalized spacial score (nSPS) is 11.5. The Morgan fingerprint density at radius 2 is 0.636 bits per heavy atom. The van der Waals surface area contributed by atoms with Gasteiger partial charge in [0.1, 0.15) is 0 Å². The van der Waals surface area contributed by atoms with Crippen LogP contribution in [-0.2, 0) is 0 Å². The summed E-state index contributed by atoms with van der Waals surface area (Å²) in [6.07, 6.45) is 0. The first-order chi connectivity index (χ1) is 10.5. The van der Waals surface area contributed by atoms with E-state index in [2.05, 4.69) is 0 Å². The predicted octanol–water partition coefficient (Wildman–Crippen LogP) is 1.46. The molecule has 0 unspecified atom stereocenters. The van der Waals surface area contributed by atoms with E-state index in [1.165, 1.54) is 24.3 Å². The molecule has 0 aliphatic rings. The van der Waals surface area contributed by atoms with Gasteiger partial charge in [-0.05, 0) is 59.3 Å². The third-order valence-corrected chi connectivity index (χ3v) is 3.95. The van der Waals surface area contributed by atoms with Crippen LogP contribution in [0, 0.1) is 0 Å². The van der Waals surface area contributed by atoms with Crippen LogP contribution in [0.3, 0.4) is 0 Å². The largest absolute Gasteiger partial charge is 0.289 e. The standard InChI is InChI=1S/C18H8O4/c19-15-1-2-16(20)12-6-10-8-14-13(7-9(10)5-11(12)15)17(21)3-4-18(14)22/h1-8H. The number of benzene rings is 4. The molecule has 0 bridgehead atoms. The van der Waals surface area contributed by atoms with Crippen molar-refractivity contribution in [2.75, 3.05) is 0 Å². The Labute approximate surface area is 122 Å². The lowest BCUT2D eigenvalue weighted by atomic mass is 9.99. The zero-order valence-electron chi connectivity index (χ0n) is 11.3. The maximum Gasteiger partial charge on any atom is 0.186 e. The average Bonchev–Trinajstić information content (AvgIpc) is 2.52. The first-order valence-corrected chi connectivity index (χ1v) is 6.70. The predicted molar refractivity (Wildman–Crippen MR) is 86.4 cm³/mol. The molecule has 0 spiro atoms. The highest BCUT2D eigenvalue weighted by molar-refractivity contribution is 6.04. The molecule has 0 amide bonds. The fraction of sp³-hybridized carbons (Fsp3) is 0. The molecular formula is C18H8O4. The van der Waals surface area contributed by atoms with Crippen molar-refractivity contribution in [1.29, 1.82) is 0 Å². The van der Waals surface area contributed by atoms with Crippen molar-refractivity contribution in [3.63, 3.8) is 0 Å². The third kappa shape index (κ3) is 1.64. The minimum absolute atomic E-state index is 0.239. The van der Waals surface area contributed by atoms with Gasteiger partial charge in [-0.1, -0.05) is 0 Å². The molecule has 104 valence electrons. The van der Waals surface area contributed by atoms with Gasteiger partial charge in [0.05, 0.1) is 0 Å². The van der Waals surface area contributed by atoms with Crippen LogP contribution in [0.2, 0.25) is 0 Å². The molecule has 22 heavy (non-hydrogen) atoms. The van der Waals surface area contributed by atoms with E-state index in [1.807, 2.05) is 0 Å². The van der Waals surface area contributed by atoms with Crippen molar-refractivity contribution >= 4 is 32.3 Å². The minimum Gasteiger partial charge on any atom is -0.289 e. The molecule has 0 saturated heterocycles. The van der Waals surface area contributed by atoms with Crippen molar-refractivity contribution in [1.82, 2.24) is 0 Å². The van der Waals surface area contributed by atoms with Crippen molar-refractivity contribution in [2.45, 2.75) is 0 Å². The highest BCUT2D eigenvalue weighted by atomic mass is 16.1. The summed E-state index contributed by atoms with van der Waals surface area (Å²) in [6.45, 7) is 0. The van der Waals surface area contributed by atoms with E-state index < -0.39 is 0 Å². The van der Waals surface area contributed by atoms with Gasteiger partial charge < -0.3 is 0 Å². The highest BCUT2D eigenvalue weighted by Gasteiger charge is 2.08. The molecule has 0 fully saturated rings. The van der Waals surface area contributed by atoms with E-state index in [9.17, 15) is 19.2 Å². The van der Waals surface area contributed by atoms with E-state index in [-0.39, 0.29) is 21.7 Å². The maximum absolute atomic E-state index is 11.9. The topological polar surface area (TPSA) is 68.3 Å². The maximum atomic E-state index is 11.9. The van der Waals surface area contributed by atoms with Gasteiger partial charge in [0.25, 0.3) is 0 Å². The number of hydrogen-bond donors (Lipinski definition) is 0. The molecule has 0 heterocycles. The Bertz CT molecular complexity index is 1090. The molecule has 4 aromatic carbocycles. The van der Waals surface area contributed by atoms with Gasteiger partial charge in [-0.3, -0.25) is 19.2 Å². The van der Waals surface area contributed by atoms with Crippen molar-refractivity contribution in [3.05, 3.63) is 89.4 Å². The molecule has 4 aromatic rings. The van der Waals surface area contributed by atoms with Gasteiger partial charge in [-0.2, -0.15) is 0 Å². The third-order valence-electron chi connectivity index (χ3n) is 3.95. The highest BCUT2D eigenvalue weighted by Crippen LogP contribution is 2.22. The Morgan fingerprint density at radius 1 is 0.409 bits per heavy atom. The van der Waals surface area contributed by atoms with Crippen molar-refractivity contribution in [3.8, 4) is 0 Å². The Balaban J connectivity index is 2.33. The van der Waals surface area contributed by atoms with Crippen LogP contribution in [0.4, 0.5) is 0 Å². The van der Waals surface area contributed by atoms with Crippen LogP contribution in [-0.4, -0.2) is 0 Å². The van der Waals surface area contributed by atoms with Crippen molar-refractivity contribution in [2.24, 2.45) is 0 Å². The summed E-state index contributed by atoms with van der Waals surface area (Å²) in [7, 11) is 0. The zero-order valence-corrected chi connectivity index (χ0v) is 11.3. The first kappa shape index (κ1) is 12.6. The Kier molecular flexibility index (Phi) is 2.39. The molecule has 0 aromatic heterocycles. The van der Waals surface area contributed by atoms with Crippen LogP contribution < -0.4 is 21.7 Å². The van der Waals surface area contributed by atoms with E-state index in [0.717, 1.165) is 0 Å². The molecule has 0 saturated carbocycles. The monoisotopic (exact) mass is 288 g/mol. The van der Waals surface area contributed by atoms with Gasteiger partial charge in [-0.25, -0.2) is 0 Å². The molecule has 0 atom stereocenters. The summed E-state index contributed by atoms with van der Waals surface area (Å²) in [5.41, 5.74) is -0.957. The van der Waals surface area contributed by atoms with E-state index in [0.29, 0.717) is 32.3 Å². The molecule has 4 nitrogen and oxygen atoms in total. The Morgan fingerprint density at radius 3 is 0.864 bits per heavy atom. The van der Waals surface area contributed by atoms with Crippen LogP contribution in [0.5, 0.6) is 0 Å². The summed E-state index contributed by atoms with van der Waals surface area (Å²) in [4.78, 5) is 47.6. The van der Waals surface area contributed by atoms with Crippen LogP contribution in [0.1, 0.15) is 0 Å². The van der Waals surface area contributed by atoms with Crippen LogP contribution in [0.25, 0.3) is 32.3 Å². The van der Waals surface area contributed by atoms with E-state index in [1.54, 1.807) is 24.3 Å². The van der Waals surface area contributed by atoms with Crippen molar-refractivity contribution < 1.29 is 0 Å². The fourth-order valence-electron chi connectivity index (χ4n) is 2.83. The van der Waals surface area contributed by atoms with Gasteiger partial charge >= 0.3 is 0 Å². The molecule has 0 radical (unpaired) electrons. The molecule has 4 rings (SSSR count). The molecular weight excluding hydrogens is 280 g/mol. The second-order valence-corrected chi connectivity index (χ2v) is 5.27. The minimum atomic E-state index is -0.239. The van der Waals surface area contributed by atoms with E-state index in [4.69, 9.17) is 0 Å². The van der Waals surface area contributed by atoms with Gasteiger partial charge in [-0.15, -0.1) is 0 Å². The van der Waals surface area contributed by atoms with Gasteiger partial charge in [0.15, 0.2) is 21.7 Å². The van der Waals surface area contributed by atoms with Gasteiger partial charge in [0.2, 0.25) is 0 Å². The second kappa shape index (κ2) is 4.18. The summed E-state index contributed by atoms with van der Waals surface area (Å²) in [6, 6.07) is 11.4. The number of rotatable bonds is 0. The molecule has 0 aliphatic carbocycles. The second-order valence-electron chi connectivity index (χ2n) is 5.27. The van der Waals surface area contributed by atoms with Gasteiger partial charge in [0, 0.05) is 21.5 Å². The number of fused-ring (bicyclic) bond motifs is 3. The van der Waals surface area contributed by atoms with E-state index >= 15 is 0 Å². The number of hydrogen-bond acceptors (Lipinski definition) is 4. The Hall–Kier alpha value is -3.14. The SMILES string of the molecule is O=c1ccc(=O)c2cc3cc4c(=O)ccc(=O)c4cc3cc12. The quantitative estimate of drug-likeness (QED) is 0.459. The lowest BCUT2D eigenvalue weighted by molar-refractivity contribution is 1.59. The summed E-state index contributed by atoms with van der Waals surface area (Å²) in [5.74, 6) is 0. The summed E-state index contributed by atoms with van der Waals surface area (Å²) < 4.78 is 0. The molecule has 4 heteroatoms. The lowest BCUT2D eigenvalue weighted by Crippen LogP contribution is -2.10. The fourth-order valence-corrected chi connectivity index (χ4v) is 2.83. The summed E-state index contributed by atoms with van der Waals surface area (Å²) in [5, 5.41) is 2.61. The zero-order chi connectivity index (χ0) is 15.4. The molecule has 0 N–H and O–H groups in total. The smallest absolute Gasteiger partial charge is 0.186 e. The van der Waals surface area contributed by atoms with Crippen LogP contribution in [0.15, 0.2) is 67.7 Å². The first-order valence-electron chi connectivity index (χ1n) is 6.70. The average molecular weight is 288 g/mol.